The van der Waals surface area contributed by atoms with Crippen molar-refractivity contribution >= 4 is 23.2 Å². The lowest BCUT2D eigenvalue weighted by Crippen LogP contribution is -2.42. The third-order valence-corrected chi connectivity index (χ3v) is 3.85. The first kappa shape index (κ1) is 17.7. The fraction of sp³-hybridized carbons (Fsp3) is 0.529. The van der Waals surface area contributed by atoms with Gasteiger partial charge in [0.25, 0.3) is 5.91 Å². The molecule has 1 aliphatic rings. The average molecular weight is 336 g/mol. The van der Waals surface area contributed by atoms with Crippen molar-refractivity contribution in [1.29, 1.82) is 0 Å². The first-order chi connectivity index (χ1) is 11.2. The van der Waals surface area contributed by atoms with Crippen molar-refractivity contribution in [3.05, 3.63) is 29.8 Å². The van der Waals surface area contributed by atoms with Crippen molar-refractivity contribution in [2.45, 2.75) is 38.7 Å². The Kier molecular flexibility index (Phi) is 7.29. The number of carbonyl (C=O) groups is 1. The molecule has 5 nitrogen and oxygen atoms in total. The minimum Gasteiger partial charge on any atom is -0.494 e. The van der Waals surface area contributed by atoms with E-state index in [4.69, 9.17) is 21.7 Å². The number of hydrogen-bond acceptors (Lipinski definition) is 4. The van der Waals surface area contributed by atoms with Gasteiger partial charge in [-0.1, -0.05) is 19.4 Å². The summed E-state index contributed by atoms with van der Waals surface area (Å²) in [5.74, 6) is 0.458. The van der Waals surface area contributed by atoms with Gasteiger partial charge < -0.3 is 14.8 Å². The first-order valence-corrected chi connectivity index (χ1v) is 8.53. The molecule has 23 heavy (non-hydrogen) atoms. The number of benzene rings is 1. The van der Waals surface area contributed by atoms with E-state index in [0.29, 0.717) is 29.6 Å². The maximum absolute atomic E-state index is 12.2. The van der Waals surface area contributed by atoms with Crippen molar-refractivity contribution < 1.29 is 14.3 Å². The van der Waals surface area contributed by atoms with E-state index < -0.39 is 0 Å². The lowest BCUT2D eigenvalue weighted by atomic mass is 10.2. The van der Waals surface area contributed by atoms with E-state index >= 15 is 0 Å². The van der Waals surface area contributed by atoms with Crippen LogP contribution in [0.1, 0.15) is 43.0 Å². The summed E-state index contributed by atoms with van der Waals surface area (Å²) in [6.45, 7) is 4.19. The van der Waals surface area contributed by atoms with Gasteiger partial charge in [-0.2, -0.15) is 0 Å². The van der Waals surface area contributed by atoms with Crippen LogP contribution >= 0.6 is 12.2 Å². The van der Waals surface area contributed by atoms with Gasteiger partial charge in [-0.3, -0.25) is 10.1 Å². The van der Waals surface area contributed by atoms with Crippen molar-refractivity contribution in [3.63, 3.8) is 0 Å². The number of unbranched alkanes of at least 4 members (excludes halogenated alkanes) is 1. The van der Waals surface area contributed by atoms with Gasteiger partial charge in [0.2, 0.25) is 0 Å². The second kappa shape index (κ2) is 9.47. The normalized spacial score (nSPS) is 16.8. The van der Waals surface area contributed by atoms with Gasteiger partial charge in [0.1, 0.15) is 5.75 Å². The second-order valence-electron chi connectivity index (χ2n) is 5.53. The smallest absolute Gasteiger partial charge is 0.257 e. The van der Waals surface area contributed by atoms with Crippen LogP contribution in [0.2, 0.25) is 0 Å². The maximum Gasteiger partial charge on any atom is 0.257 e. The number of ether oxygens (including phenoxy) is 2. The highest BCUT2D eigenvalue weighted by molar-refractivity contribution is 7.80. The summed E-state index contributed by atoms with van der Waals surface area (Å²) in [6.07, 6.45) is 4.36. The van der Waals surface area contributed by atoms with E-state index in [1.54, 1.807) is 18.2 Å². The molecule has 0 spiro atoms. The summed E-state index contributed by atoms with van der Waals surface area (Å²) in [4.78, 5) is 12.2. The molecule has 1 aromatic rings. The van der Waals surface area contributed by atoms with Crippen molar-refractivity contribution in [1.82, 2.24) is 10.6 Å². The highest BCUT2D eigenvalue weighted by atomic mass is 32.1. The molecular formula is C17H24N2O3S. The van der Waals surface area contributed by atoms with Crippen LogP contribution in [0.25, 0.3) is 0 Å². The monoisotopic (exact) mass is 336 g/mol. The molecule has 126 valence electrons. The SMILES string of the molecule is CCCCOc1cccc(C(=O)NC(=S)NCC2CCCO2)c1. The molecule has 1 atom stereocenters. The zero-order chi connectivity index (χ0) is 16.5. The molecule has 1 unspecified atom stereocenters. The van der Waals surface area contributed by atoms with Crippen molar-refractivity contribution in [2.24, 2.45) is 0 Å². The van der Waals surface area contributed by atoms with Crippen molar-refractivity contribution in [3.8, 4) is 5.75 Å². The molecule has 1 aromatic carbocycles. The zero-order valence-corrected chi connectivity index (χ0v) is 14.3. The summed E-state index contributed by atoms with van der Waals surface area (Å²) >= 11 is 5.15. The molecule has 1 amide bonds. The number of carbonyl (C=O) groups excluding carboxylic acids is 1. The first-order valence-electron chi connectivity index (χ1n) is 8.12. The van der Waals surface area contributed by atoms with Crippen LogP contribution in [0, 0.1) is 0 Å². The van der Waals surface area contributed by atoms with Gasteiger partial charge in [0, 0.05) is 18.7 Å². The Morgan fingerprint density at radius 2 is 2.35 bits per heavy atom. The number of nitrogens with one attached hydrogen (secondary N) is 2. The van der Waals surface area contributed by atoms with Crippen LogP contribution in [-0.4, -0.2) is 36.9 Å². The summed E-state index contributed by atoms with van der Waals surface area (Å²) in [5.41, 5.74) is 0.528. The van der Waals surface area contributed by atoms with Crippen LogP contribution in [-0.2, 0) is 4.74 Å². The molecule has 2 N–H and O–H groups in total. The molecule has 6 heteroatoms. The molecule has 1 aliphatic heterocycles. The summed E-state index contributed by atoms with van der Waals surface area (Å²) < 4.78 is 11.1. The summed E-state index contributed by atoms with van der Waals surface area (Å²) in [6, 6.07) is 7.12. The average Bonchev–Trinajstić information content (AvgIpc) is 3.07. The minimum atomic E-state index is -0.240. The van der Waals surface area contributed by atoms with Gasteiger partial charge in [-0.15, -0.1) is 0 Å². The van der Waals surface area contributed by atoms with Crippen molar-refractivity contribution in [2.75, 3.05) is 19.8 Å². The van der Waals surface area contributed by atoms with E-state index in [-0.39, 0.29) is 12.0 Å². The molecule has 1 fully saturated rings. The molecular weight excluding hydrogens is 312 g/mol. The molecule has 0 saturated carbocycles. The van der Waals surface area contributed by atoms with Gasteiger partial charge in [0.15, 0.2) is 5.11 Å². The summed E-state index contributed by atoms with van der Waals surface area (Å²) in [7, 11) is 0. The Labute approximate surface area is 142 Å². The molecule has 1 heterocycles. The van der Waals surface area contributed by atoms with Gasteiger partial charge in [0.05, 0.1) is 12.7 Å². The number of hydrogen-bond donors (Lipinski definition) is 2. The molecule has 1 saturated heterocycles. The lowest BCUT2D eigenvalue weighted by molar-refractivity contribution is 0.0972. The van der Waals surface area contributed by atoms with E-state index in [1.165, 1.54) is 0 Å². The van der Waals surface area contributed by atoms with E-state index in [1.807, 2.05) is 6.07 Å². The molecule has 0 aromatic heterocycles. The largest absolute Gasteiger partial charge is 0.494 e. The van der Waals surface area contributed by atoms with Gasteiger partial charge in [-0.05, 0) is 49.7 Å². The number of thiocarbonyl (C=S) groups is 1. The number of amides is 1. The molecule has 0 aliphatic carbocycles. The number of rotatable bonds is 7. The maximum atomic E-state index is 12.2. The molecule has 0 bridgehead atoms. The van der Waals surface area contributed by atoms with Gasteiger partial charge in [-0.25, -0.2) is 0 Å². The van der Waals surface area contributed by atoms with Crippen LogP contribution in [0.4, 0.5) is 0 Å². The Morgan fingerprint density at radius 1 is 1.48 bits per heavy atom. The molecule has 2 rings (SSSR count). The van der Waals surface area contributed by atoms with E-state index in [0.717, 1.165) is 32.3 Å². The Bertz CT molecular complexity index is 530. The third kappa shape index (κ3) is 6.15. The molecule has 0 radical (unpaired) electrons. The van der Waals surface area contributed by atoms with E-state index in [9.17, 15) is 4.79 Å². The van der Waals surface area contributed by atoms with Crippen LogP contribution in [0.15, 0.2) is 24.3 Å². The Balaban J connectivity index is 1.79. The topological polar surface area (TPSA) is 59.6 Å². The second-order valence-corrected chi connectivity index (χ2v) is 5.94. The summed E-state index contributed by atoms with van der Waals surface area (Å²) in [5, 5.41) is 6.03. The van der Waals surface area contributed by atoms with Crippen LogP contribution in [0.5, 0.6) is 5.75 Å². The van der Waals surface area contributed by atoms with Crippen LogP contribution < -0.4 is 15.4 Å². The van der Waals surface area contributed by atoms with Crippen LogP contribution in [0.3, 0.4) is 0 Å². The Hall–Kier alpha value is -1.66. The third-order valence-electron chi connectivity index (χ3n) is 3.60. The zero-order valence-electron chi connectivity index (χ0n) is 13.5. The highest BCUT2D eigenvalue weighted by Gasteiger charge is 2.16. The predicted octanol–water partition coefficient (Wildman–Crippen LogP) is 2.65. The van der Waals surface area contributed by atoms with E-state index in [2.05, 4.69) is 17.6 Å². The fourth-order valence-corrected chi connectivity index (χ4v) is 2.47. The highest BCUT2D eigenvalue weighted by Crippen LogP contribution is 2.14. The standard InChI is InChI=1S/C17H24N2O3S/c1-2-3-9-21-14-7-4-6-13(11-14)16(20)19-17(23)18-12-15-8-5-10-22-15/h4,6-7,11,15H,2-3,5,8-10,12H2,1H3,(H2,18,19,20,23). The Morgan fingerprint density at radius 3 is 3.09 bits per heavy atom. The predicted molar refractivity (Wildman–Crippen MR) is 93.9 cm³/mol. The lowest BCUT2D eigenvalue weighted by Gasteiger charge is -2.13. The van der Waals surface area contributed by atoms with Gasteiger partial charge >= 0.3 is 0 Å². The minimum absolute atomic E-state index is 0.181. The fourth-order valence-electron chi connectivity index (χ4n) is 2.29. The quantitative estimate of drug-likeness (QED) is 0.592.